The van der Waals surface area contributed by atoms with Crippen molar-refractivity contribution < 1.29 is 4.39 Å². The van der Waals surface area contributed by atoms with Crippen molar-refractivity contribution >= 4 is 27.5 Å². The number of allylic oxidation sites excluding steroid dienone is 1. The highest BCUT2D eigenvalue weighted by molar-refractivity contribution is 9.10. The van der Waals surface area contributed by atoms with Gasteiger partial charge in [0.1, 0.15) is 5.82 Å². The van der Waals surface area contributed by atoms with Gasteiger partial charge in [0.25, 0.3) is 0 Å². The molecule has 0 heterocycles. The summed E-state index contributed by atoms with van der Waals surface area (Å²) in [5.41, 5.74) is 2.83. The summed E-state index contributed by atoms with van der Waals surface area (Å²) in [5.74, 6) is 3.31. The van der Waals surface area contributed by atoms with Crippen LogP contribution >= 0.6 is 27.5 Å². The van der Waals surface area contributed by atoms with E-state index in [-0.39, 0.29) is 5.82 Å². The fourth-order valence-corrected chi connectivity index (χ4v) is 5.38. The standard InChI is InChI=1S/C22H29BrClF/c23-21-12-7-18(15-22(21)25)2-1-16-3-8-19(9-4-16)20-10-5-17(6-11-20)13-14-24/h7,12-17,19-20H,1-6,8-11H2/b14-13+. The number of aryl methyl sites for hydroxylation is 1. The molecule has 0 radical (unpaired) electrons. The molecule has 3 heteroatoms. The predicted octanol–water partition coefficient (Wildman–Crippen LogP) is 7.89. The quantitative estimate of drug-likeness (QED) is 0.448. The monoisotopic (exact) mass is 426 g/mol. The number of halogens is 3. The van der Waals surface area contributed by atoms with Crippen molar-refractivity contribution in [2.24, 2.45) is 23.7 Å². The first-order valence-corrected chi connectivity index (χ1v) is 11.1. The van der Waals surface area contributed by atoms with E-state index in [4.69, 9.17) is 11.6 Å². The van der Waals surface area contributed by atoms with Crippen LogP contribution in [0.4, 0.5) is 4.39 Å². The zero-order valence-corrected chi connectivity index (χ0v) is 17.2. The lowest BCUT2D eigenvalue weighted by atomic mass is 9.68. The SMILES string of the molecule is Fc1cc(CCC2CCC(C3CCC(/C=C/Cl)CC3)CC2)ccc1Br. The molecule has 0 saturated heterocycles. The van der Waals surface area contributed by atoms with Gasteiger partial charge in [-0.1, -0.05) is 36.6 Å². The molecule has 0 aromatic heterocycles. The molecule has 2 aliphatic rings. The summed E-state index contributed by atoms with van der Waals surface area (Å²) in [6, 6.07) is 5.56. The van der Waals surface area contributed by atoms with Gasteiger partial charge in [0, 0.05) is 5.54 Å². The third-order valence-corrected chi connectivity index (χ3v) is 7.33. The van der Waals surface area contributed by atoms with Crippen molar-refractivity contribution in [1.29, 1.82) is 0 Å². The first kappa shape index (κ1) is 19.4. The largest absolute Gasteiger partial charge is 0.206 e. The molecule has 0 N–H and O–H groups in total. The Bertz CT molecular complexity index is 569. The van der Waals surface area contributed by atoms with Crippen molar-refractivity contribution in [1.82, 2.24) is 0 Å². The maximum Gasteiger partial charge on any atom is 0.137 e. The maximum absolute atomic E-state index is 13.6. The van der Waals surface area contributed by atoms with Crippen LogP contribution in [0.25, 0.3) is 0 Å². The molecule has 2 saturated carbocycles. The molecule has 0 amide bonds. The lowest BCUT2D eigenvalue weighted by molar-refractivity contribution is 0.153. The van der Waals surface area contributed by atoms with E-state index in [1.165, 1.54) is 57.8 Å². The lowest BCUT2D eigenvalue weighted by Gasteiger charge is -2.37. The topological polar surface area (TPSA) is 0 Å². The summed E-state index contributed by atoms with van der Waals surface area (Å²) in [4.78, 5) is 0. The highest BCUT2D eigenvalue weighted by atomic mass is 79.9. The van der Waals surface area contributed by atoms with Gasteiger partial charge < -0.3 is 0 Å². The van der Waals surface area contributed by atoms with Crippen LogP contribution in [0.5, 0.6) is 0 Å². The third-order valence-electron chi connectivity index (χ3n) is 6.54. The number of rotatable bonds is 5. The van der Waals surface area contributed by atoms with Crippen LogP contribution in [0.15, 0.2) is 34.3 Å². The van der Waals surface area contributed by atoms with Gasteiger partial charge in [0.2, 0.25) is 0 Å². The molecule has 2 fully saturated rings. The Morgan fingerprint density at radius 1 is 1.00 bits per heavy atom. The van der Waals surface area contributed by atoms with Crippen LogP contribution in [0.1, 0.15) is 63.4 Å². The predicted molar refractivity (Wildman–Crippen MR) is 108 cm³/mol. The second-order valence-electron chi connectivity index (χ2n) is 8.06. The second kappa shape index (κ2) is 9.55. The smallest absolute Gasteiger partial charge is 0.137 e. The Kier molecular flexibility index (Phi) is 7.42. The molecule has 25 heavy (non-hydrogen) atoms. The molecular formula is C22H29BrClF. The van der Waals surface area contributed by atoms with Crippen LogP contribution in [-0.2, 0) is 6.42 Å². The normalized spacial score (nSPS) is 30.7. The summed E-state index contributed by atoms with van der Waals surface area (Å²) >= 11 is 8.95. The van der Waals surface area contributed by atoms with Crippen molar-refractivity contribution in [2.75, 3.05) is 0 Å². The molecule has 138 valence electrons. The molecule has 3 rings (SSSR count). The van der Waals surface area contributed by atoms with E-state index in [9.17, 15) is 4.39 Å². The van der Waals surface area contributed by atoms with Gasteiger partial charge in [-0.25, -0.2) is 4.39 Å². The fraction of sp³-hybridized carbons (Fsp3) is 0.636. The summed E-state index contributed by atoms with van der Waals surface area (Å²) in [6.07, 6.45) is 15.4. The molecule has 2 aliphatic carbocycles. The zero-order chi connectivity index (χ0) is 17.6. The van der Waals surface area contributed by atoms with Crippen molar-refractivity contribution in [2.45, 2.75) is 64.2 Å². The molecule has 0 nitrogen and oxygen atoms in total. The zero-order valence-electron chi connectivity index (χ0n) is 14.9. The van der Waals surface area contributed by atoms with Crippen LogP contribution in [0.2, 0.25) is 0 Å². The Morgan fingerprint density at radius 3 is 2.24 bits per heavy atom. The molecule has 0 spiro atoms. The molecule has 0 unspecified atom stereocenters. The Hall–Kier alpha value is -0.340. The van der Waals surface area contributed by atoms with Crippen LogP contribution in [0, 0.1) is 29.5 Å². The second-order valence-corrected chi connectivity index (χ2v) is 9.17. The van der Waals surface area contributed by atoms with E-state index in [1.54, 1.807) is 11.6 Å². The van der Waals surface area contributed by atoms with Gasteiger partial charge in [0.15, 0.2) is 0 Å². The van der Waals surface area contributed by atoms with Gasteiger partial charge in [0.05, 0.1) is 4.47 Å². The van der Waals surface area contributed by atoms with E-state index in [2.05, 4.69) is 22.0 Å². The van der Waals surface area contributed by atoms with E-state index >= 15 is 0 Å². The lowest BCUT2D eigenvalue weighted by Crippen LogP contribution is -2.25. The average Bonchev–Trinajstić information content (AvgIpc) is 2.64. The highest BCUT2D eigenvalue weighted by Crippen LogP contribution is 2.42. The summed E-state index contributed by atoms with van der Waals surface area (Å²) in [7, 11) is 0. The molecule has 0 bridgehead atoms. The van der Waals surface area contributed by atoms with Gasteiger partial charge >= 0.3 is 0 Å². The first-order chi connectivity index (χ1) is 12.2. The highest BCUT2D eigenvalue weighted by Gasteiger charge is 2.30. The average molecular weight is 428 g/mol. The minimum absolute atomic E-state index is 0.138. The van der Waals surface area contributed by atoms with Gasteiger partial charge in [-0.05, 0) is 109 Å². The minimum Gasteiger partial charge on any atom is -0.206 e. The molecule has 1 aromatic carbocycles. The van der Waals surface area contributed by atoms with Crippen molar-refractivity contribution in [3.63, 3.8) is 0 Å². The van der Waals surface area contributed by atoms with E-state index < -0.39 is 0 Å². The first-order valence-electron chi connectivity index (χ1n) is 9.86. The molecule has 1 aromatic rings. The number of hydrogen-bond acceptors (Lipinski definition) is 0. The Morgan fingerprint density at radius 2 is 1.64 bits per heavy atom. The maximum atomic E-state index is 13.6. The number of benzene rings is 1. The van der Waals surface area contributed by atoms with E-state index in [0.29, 0.717) is 4.47 Å². The van der Waals surface area contributed by atoms with Gasteiger partial charge in [-0.15, -0.1) is 0 Å². The van der Waals surface area contributed by atoms with Crippen molar-refractivity contribution in [3.8, 4) is 0 Å². The summed E-state index contributed by atoms with van der Waals surface area (Å²) in [5, 5.41) is 0. The molecule has 0 atom stereocenters. The van der Waals surface area contributed by atoms with Crippen molar-refractivity contribution in [3.05, 3.63) is 45.7 Å². The van der Waals surface area contributed by atoms with Crippen LogP contribution in [0.3, 0.4) is 0 Å². The summed E-state index contributed by atoms with van der Waals surface area (Å²) < 4.78 is 14.2. The fourth-order valence-electron chi connectivity index (χ4n) is 4.93. The Labute approximate surface area is 165 Å². The van der Waals surface area contributed by atoms with Gasteiger partial charge in [-0.2, -0.15) is 0 Å². The van der Waals surface area contributed by atoms with Crippen LogP contribution < -0.4 is 0 Å². The minimum atomic E-state index is -0.138. The van der Waals surface area contributed by atoms with Gasteiger partial charge in [-0.3, -0.25) is 0 Å². The number of hydrogen-bond donors (Lipinski definition) is 0. The van der Waals surface area contributed by atoms with E-state index in [0.717, 1.165) is 35.7 Å². The molecular weight excluding hydrogens is 399 g/mol. The Balaban J connectivity index is 1.39. The molecule has 0 aliphatic heterocycles. The van der Waals surface area contributed by atoms with Crippen LogP contribution in [-0.4, -0.2) is 0 Å². The van der Waals surface area contributed by atoms with E-state index in [1.807, 2.05) is 12.1 Å². The summed E-state index contributed by atoms with van der Waals surface area (Å²) in [6.45, 7) is 0. The third kappa shape index (κ3) is 5.57.